The van der Waals surface area contributed by atoms with Gasteiger partial charge in [0.25, 0.3) is 5.91 Å². The van der Waals surface area contributed by atoms with Crippen LogP contribution >= 0.6 is 0 Å². The van der Waals surface area contributed by atoms with Gasteiger partial charge in [0.1, 0.15) is 5.82 Å². The van der Waals surface area contributed by atoms with Crippen molar-refractivity contribution in [1.82, 2.24) is 9.62 Å². The molecule has 1 heterocycles. The zero-order chi connectivity index (χ0) is 19.4. The van der Waals surface area contributed by atoms with Crippen molar-refractivity contribution in [2.45, 2.75) is 30.3 Å². The number of halogens is 1. The third kappa shape index (κ3) is 4.71. The van der Waals surface area contributed by atoms with Crippen molar-refractivity contribution in [3.05, 3.63) is 65.5 Å². The first-order chi connectivity index (χ1) is 12.9. The summed E-state index contributed by atoms with van der Waals surface area (Å²) < 4.78 is 40.9. The van der Waals surface area contributed by atoms with E-state index in [1.807, 2.05) is 0 Å². The number of amides is 1. The summed E-state index contributed by atoms with van der Waals surface area (Å²) in [4.78, 5) is 14.2. The van der Waals surface area contributed by atoms with Gasteiger partial charge in [-0.15, -0.1) is 0 Å². The first-order valence-electron chi connectivity index (χ1n) is 8.75. The van der Waals surface area contributed by atoms with Crippen molar-refractivity contribution in [2.24, 2.45) is 5.73 Å². The molecule has 2 aromatic rings. The van der Waals surface area contributed by atoms with E-state index in [4.69, 9.17) is 5.73 Å². The topological polar surface area (TPSA) is 92.5 Å². The van der Waals surface area contributed by atoms with E-state index in [1.54, 1.807) is 29.2 Å². The van der Waals surface area contributed by atoms with Crippen LogP contribution in [0.2, 0.25) is 0 Å². The van der Waals surface area contributed by atoms with E-state index in [-0.39, 0.29) is 17.3 Å². The number of carbonyl (C=O) groups excluding carboxylic acids is 1. The van der Waals surface area contributed by atoms with Crippen molar-refractivity contribution >= 4 is 15.9 Å². The van der Waals surface area contributed by atoms with Gasteiger partial charge in [-0.3, -0.25) is 4.79 Å². The second-order valence-corrected chi connectivity index (χ2v) is 8.28. The van der Waals surface area contributed by atoms with Gasteiger partial charge in [-0.25, -0.2) is 17.5 Å². The van der Waals surface area contributed by atoms with Gasteiger partial charge in [-0.05, 0) is 48.7 Å². The van der Waals surface area contributed by atoms with Gasteiger partial charge < -0.3 is 10.6 Å². The van der Waals surface area contributed by atoms with Gasteiger partial charge in [-0.1, -0.05) is 18.2 Å². The van der Waals surface area contributed by atoms with E-state index in [1.165, 1.54) is 18.2 Å². The average molecular weight is 391 g/mol. The molecule has 0 spiro atoms. The van der Waals surface area contributed by atoms with Crippen LogP contribution in [-0.4, -0.2) is 38.4 Å². The minimum absolute atomic E-state index is 0.122. The summed E-state index contributed by atoms with van der Waals surface area (Å²) in [6.07, 6.45) is 1.30. The van der Waals surface area contributed by atoms with Gasteiger partial charge >= 0.3 is 0 Å². The van der Waals surface area contributed by atoms with Crippen LogP contribution in [0.3, 0.4) is 0 Å². The first-order valence-corrected chi connectivity index (χ1v) is 10.2. The number of rotatable bonds is 5. The number of piperidine rings is 1. The Kier molecular flexibility index (Phi) is 5.88. The van der Waals surface area contributed by atoms with Crippen molar-refractivity contribution in [2.75, 3.05) is 13.1 Å². The zero-order valence-corrected chi connectivity index (χ0v) is 15.6. The molecule has 0 bridgehead atoms. The highest BCUT2D eigenvalue weighted by molar-refractivity contribution is 7.89. The fraction of sp³-hybridized carbons (Fsp3) is 0.316. The number of benzene rings is 2. The lowest BCUT2D eigenvalue weighted by Gasteiger charge is -2.33. The fourth-order valence-corrected chi connectivity index (χ4v) is 4.44. The Balaban J connectivity index is 1.69. The molecule has 2 aromatic carbocycles. The predicted octanol–water partition coefficient (Wildman–Crippen LogP) is 1.87. The molecule has 1 fully saturated rings. The van der Waals surface area contributed by atoms with Crippen LogP contribution in [0.15, 0.2) is 53.4 Å². The first kappa shape index (κ1) is 19.5. The van der Waals surface area contributed by atoms with Crippen LogP contribution in [-0.2, 0) is 16.6 Å². The Morgan fingerprint density at radius 2 is 1.96 bits per heavy atom. The molecule has 8 heteroatoms. The summed E-state index contributed by atoms with van der Waals surface area (Å²) in [5, 5.41) is 0. The summed E-state index contributed by atoms with van der Waals surface area (Å²) in [5.41, 5.74) is 7.05. The molecule has 0 saturated carbocycles. The largest absolute Gasteiger partial charge is 0.337 e. The van der Waals surface area contributed by atoms with Gasteiger partial charge in [0.2, 0.25) is 10.0 Å². The highest BCUT2D eigenvalue weighted by Gasteiger charge is 2.28. The molecule has 3 N–H and O–H groups in total. The van der Waals surface area contributed by atoms with E-state index < -0.39 is 21.9 Å². The summed E-state index contributed by atoms with van der Waals surface area (Å²) in [5.74, 6) is -0.757. The normalized spacial score (nSPS) is 17.7. The SMILES string of the molecule is NCc1ccc(C(=O)N2CCCC(NS(=O)(=O)c3cccc(F)c3)C2)cc1. The van der Waals surface area contributed by atoms with Crippen LogP contribution in [0.1, 0.15) is 28.8 Å². The Labute approximate surface area is 158 Å². The summed E-state index contributed by atoms with van der Waals surface area (Å²) in [7, 11) is -3.85. The number of nitrogens with one attached hydrogen (secondary N) is 1. The standard InChI is InChI=1S/C19H22FN3O3S/c20-16-3-1-5-18(11-16)27(25,26)22-17-4-2-10-23(13-17)19(24)15-8-6-14(12-21)7-9-15/h1,3,5-9,11,17,22H,2,4,10,12-13,21H2. The molecular weight excluding hydrogens is 369 g/mol. The molecule has 1 aliphatic heterocycles. The van der Waals surface area contributed by atoms with Crippen molar-refractivity contribution in [3.8, 4) is 0 Å². The van der Waals surface area contributed by atoms with Crippen LogP contribution in [0, 0.1) is 5.82 Å². The monoisotopic (exact) mass is 391 g/mol. The Morgan fingerprint density at radius 3 is 2.63 bits per heavy atom. The highest BCUT2D eigenvalue weighted by atomic mass is 32.2. The molecule has 1 saturated heterocycles. The van der Waals surface area contributed by atoms with E-state index >= 15 is 0 Å². The molecule has 144 valence electrons. The number of sulfonamides is 1. The maximum atomic E-state index is 13.3. The predicted molar refractivity (Wildman–Crippen MR) is 100.0 cm³/mol. The van der Waals surface area contributed by atoms with Crippen LogP contribution in [0.4, 0.5) is 4.39 Å². The molecule has 1 aliphatic rings. The Bertz CT molecular complexity index is 916. The van der Waals surface area contributed by atoms with Crippen LogP contribution in [0.5, 0.6) is 0 Å². The Hall–Kier alpha value is -2.29. The summed E-state index contributed by atoms with van der Waals surface area (Å²) >= 11 is 0. The number of nitrogens with two attached hydrogens (primary N) is 1. The highest BCUT2D eigenvalue weighted by Crippen LogP contribution is 2.17. The smallest absolute Gasteiger partial charge is 0.253 e. The lowest BCUT2D eigenvalue weighted by Crippen LogP contribution is -2.49. The van der Waals surface area contributed by atoms with E-state index in [0.717, 1.165) is 11.6 Å². The average Bonchev–Trinajstić information content (AvgIpc) is 2.67. The van der Waals surface area contributed by atoms with E-state index in [9.17, 15) is 17.6 Å². The zero-order valence-electron chi connectivity index (χ0n) is 14.8. The van der Waals surface area contributed by atoms with Gasteiger partial charge in [0.15, 0.2) is 0 Å². The maximum Gasteiger partial charge on any atom is 0.253 e. The van der Waals surface area contributed by atoms with Crippen molar-refractivity contribution < 1.29 is 17.6 Å². The molecule has 0 radical (unpaired) electrons. The van der Waals surface area contributed by atoms with Crippen LogP contribution < -0.4 is 10.5 Å². The number of likely N-dealkylation sites (tertiary alicyclic amines) is 1. The van der Waals surface area contributed by atoms with Gasteiger partial charge in [0.05, 0.1) is 4.90 Å². The third-order valence-corrected chi connectivity index (χ3v) is 6.09. The molecule has 1 amide bonds. The van der Waals surface area contributed by atoms with Crippen LogP contribution in [0.25, 0.3) is 0 Å². The molecule has 0 aliphatic carbocycles. The van der Waals surface area contributed by atoms with E-state index in [2.05, 4.69) is 4.72 Å². The minimum atomic E-state index is -3.85. The minimum Gasteiger partial charge on any atom is -0.337 e. The fourth-order valence-electron chi connectivity index (χ4n) is 3.15. The van der Waals surface area contributed by atoms with Crippen molar-refractivity contribution in [3.63, 3.8) is 0 Å². The lowest BCUT2D eigenvalue weighted by atomic mass is 10.0. The second kappa shape index (κ2) is 8.16. The number of hydrogen-bond donors (Lipinski definition) is 2. The molecular formula is C19H22FN3O3S. The molecule has 0 aromatic heterocycles. The lowest BCUT2D eigenvalue weighted by molar-refractivity contribution is 0.0703. The van der Waals surface area contributed by atoms with Gasteiger partial charge in [-0.2, -0.15) is 0 Å². The quantitative estimate of drug-likeness (QED) is 0.814. The number of nitrogens with zero attached hydrogens (tertiary/aromatic N) is 1. The molecule has 27 heavy (non-hydrogen) atoms. The number of hydrogen-bond acceptors (Lipinski definition) is 4. The second-order valence-electron chi connectivity index (χ2n) is 6.57. The molecule has 1 unspecified atom stereocenters. The molecule has 1 atom stereocenters. The Morgan fingerprint density at radius 1 is 1.22 bits per heavy atom. The number of carbonyl (C=O) groups is 1. The van der Waals surface area contributed by atoms with Gasteiger partial charge in [0, 0.05) is 31.2 Å². The third-order valence-electron chi connectivity index (χ3n) is 4.57. The maximum absolute atomic E-state index is 13.3. The van der Waals surface area contributed by atoms with E-state index in [0.29, 0.717) is 31.5 Å². The summed E-state index contributed by atoms with van der Waals surface area (Å²) in [6.45, 7) is 1.24. The van der Waals surface area contributed by atoms with Crippen molar-refractivity contribution in [1.29, 1.82) is 0 Å². The summed E-state index contributed by atoms with van der Waals surface area (Å²) in [6, 6.07) is 11.5. The molecule has 6 nitrogen and oxygen atoms in total. The molecule has 3 rings (SSSR count).